The number of rotatable bonds is 9. The van der Waals surface area contributed by atoms with E-state index in [4.69, 9.17) is 4.74 Å². The lowest BCUT2D eigenvalue weighted by Gasteiger charge is -2.26. The van der Waals surface area contributed by atoms with Crippen LogP contribution in [0.4, 0.5) is 0 Å². The molecule has 0 radical (unpaired) electrons. The molecular weight excluding hydrogens is 494 g/mol. The molecule has 0 saturated heterocycles. The summed E-state index contributed by atoms with van der Waals surface area (Å²) in [7, 11) is 0. The third-order valence-corrected chi connectivity index (χ3v) is 6.23. The first-order chi connectivity index (χ1) is 18.7. The molecule has 8 nitrogen and oxygen atoms in total. The molecule has 0 aliphatic heterocycles. The standard InChI is InChI=1S/C31H31N3O5/c1-21(2)30-32-27-15-8-7-14-26(27)31(38)34(30)33(28(36)18-16-23-10-5-4-6-11-23)29(37)19-17-24-12-9-13-25(20-24)39-22(3)35/h4-15,20-21H,16-19H2,1-3H3. The first kappa shape index (κ1) is 27.4. The summed E-state index contributed by atoms with van der Waals surface area (Å²) in [5.41, 5.74) is 1.75. The van der Waals surface area contributed by atoms with Gasteiger partial charge >= 0.3 is 5.97 Å². The molecule has 3 aromatic carbocycles. The Morgan fingerprint density at radius 1 is 0.846 bits per heavy atom. The zero-order chi connectivity index (χ0) is 27.9. The molecule has 0 bridgehead atoms. The van der Waals surface area contributed by atoms with E-state index in [0.717, 1.165) is 20.8 Å². The SMILES string of the molecule is CC(=O)Oc1cccc(CCC(=O)N(C(=O)CCc2ccccc2)n2c(C(C)C)nc3ccccc3c2=O)c1. The third-order valence-electron chi connectivity index (χ3n) is 6.23. The molecule has 0 spiro atoms. The number of hydrogen-bond donors (Lipinski definition) is 0. The number of carbonyl (C=O) groups excluding carboxylic acids is 3. The summed E-state index contributed by atoms with van der Waals surface area (Å²) in [6.07, 6.45) is 0.690. The van der Waals surface area contributed by atoms with Crippen LogP contribution >= 0.6 is 0 Å². The van der Waals surface area contributed by atoms with E-state index in [0.29, 0.717) is 28.9 Å². The molecule has 0 aliphatic carbocycles. The van der Waals surface area contributed by atoms with Crippen molar-refractivity contribution >= 4 is 28.7 Å². The van der Waals surface area contributed by atoms with Gasteiger partial charge in [0.15, 0.2) is 0 Å². The Morgan fingerprint density at radius 3 is 2.13 bits per heavy atom. The fourth-order valence-electron chi connectivity index (χ4n) is 4.36. The first-order valence-electron chi connectivity index (χ1n) is 12.9. The van der Waals surface area contributed by atoms with Gasteiger partial charge in [-0.05, 0) is 48.2 Å². The Bertz CT molecular complexity index is 1560. The normalized spacial score (nSPS) is 11.0. The van der Waals surface area contributed by atoms with Crippen LogP contribution in [0.2, 0.25) is 0 Å². The number of esters is 1. The lowest BCUT2D eigenvalue weighted by atomic mass is 10.1. The van der Waals surface area contributed by atoms with Gasteiger partial charge in [-0.3, -0.25) is 19.2 Å². The van der Waals surface area contributed by atoms with E-state index in [1.54, 1.807) is 42.5 Å². The maximum absolute atomic E-state index is 13.7. The van der Waals surface area contributed by atoms with E-state index >= 15 is 0 Å². The van der Waals surface area contributed by atoms with Crippen molar-refractivity contribution in [2.24, 2.45) is 0 Å². The minimum atomic E-state index is -0.521. The molecule has 1 heterocycles. The Hall–Kier alpha value is -4.59. The van der Waals surface area contributed by atoms with Crippen LogP contribution in [-0.4, -0.2) is 27.4 Å². The predicted octanol–water partition coefficient (Wildman–Crippen LogP) is 4.70. The molecule has 0 unspecified atom stereocenters. The highest BCUT2D eigenvalue weighted by molar-refractivity contribution is 6.08. The highest BCUT2D eigenvalue weighted by Gasteiger charge is 2.28. The second-order valence-corrected chi connectivity index (χ2v) is 9.58. The van der Waals surface area contributed by atoms with E-state index in [1.807, 2.05) is 50.2 Å². The van der Waals surface area contributed by atoms with E-state index in [1.165, 1.54) is 6.92 Å². The van der Waals surface area contributed by atoms with Crippen LogP contribution in [0.25, 0.3) is 10.9 Å². The molecule has 1 aromatic heterocycles. The quantitative estimate of drug-likeness (QED) is 0.232. The lowest BCUT2D eigenvalue weighted by Crippen LogP contribution is -2.52. The maximum Gasteiger partial charge on any atom is 0.308 e. The van der Waals surface area contributed by atoms with E-state index in [2.05, 4.69) is 4.98 Å². The molecule has 4 aromatic rings. The zero-order valence-electron chi connectivity index (χ0n) is 22.3. The van der Waals surface area contributed by atoms with Crippen molar-refractivity contribution in [3.8, 4) is 5.75 Å². The Labute approximate surface area is 226 Å². The van der Waals surface area contributed by atoms with Crippen LogP contribution in [0, 0.1) is 0 Å². The van der Waals surface area contributed by atoms with Gasteiger partial charge in [-0.15, -0.1) is 0 Å². The number of imide groups is 1. The summed E-state index contributed by atoms with van der Waals surface area (Å²) in [5, 5.41) is 1.29. The Kier molecular flexibility index (Phi) is 8.66. The molecule has 4 rings (SSSR count). The maximum atomic E-state index is 13.7. The number of ether oxygens (including phenoxy) is 1. The minimum absolute atomic E-state index is 0.0362. The molecular formula is C31H31N3O5. The third kappa shape index (κ3) is 6.65. The summed E-state index contributed by atoms with van der Waals surface area (Å²) in [5.74, 6) is -0.981. The zero-order valence-corrected chi connectivity index (χ0v) is 22.3. The van der Waals surface area contributed by atoms with Crippen LogP contribution in [0.3, 0.4) is 0 Å². The summed E-state index contributed by atoms with van der Waals surface area (Å²) in [6, 6.07) is 23.3. The van der Waals surface area contributed by atoms with Gasteiger partial charge in [0.1, 0.15) is 11.6 Å². The van der Waals surface area contributed by atoms with Gasteiger partial charge in [0, 0.05) is 25.7 Å². The van der Waals surface area contributed by atoms with Crippen LogP contribution in [0.5, 0.6) is 5.75 Å². The summed E-state index contributed by atoms with van der Waals surface area (Å²) in [4.78, 5) is 57.1. The Balaban J connectivity index is 1.70. The minimum Gasteiger partial charge on any atom is -0.427 e. The van der Waals surface area contributed by atoms with Gasteiger partial charge in [0.25, 0.3) is 5.56 Å². The van der Waals surface area contributed by atoms with Crippen molar-refractivity contribution in [2.75, 3.05) is 5.01 Å². The van der Waals surface area contributed by atoms with Gasteiger partial charge in [0.2, 0.25) is 11.8 Å². The van der Waals surface area contributed by atoms with Gasteiger partial charge < -0.3 is 4.74 Å². The lowest BCUT2D eigenvalue weighted by molar-refractivity contribution is -0.132. The Morgan fingerprint density at radius 2 is 1.46 bits per heavy atom. The number of nitrogens with zero attached hydrogens (tertiary/aromatic N) is 3. The first-order valence-corrected chi connectivity index (χ1v) is 12.9. The van der Waals surface area contributed by atoms with Crippen molar-refractivity contribution in [1.82, 2.24) is 9.66 Å². The molecule has 0 fully saturated rings. The second-order valence-electron chi connectivity index (χ2n) is 9.58. The van der Waals surface area contributed by atoms with Crippen LogP contribution < -0.4 is 15.3 Å². The van der Waals surface area contributed by atoms with Crippen LogP contribution in [0.15, 0.2) is 83.7 Å². The number of benzene rings is 3. The largest absolute Gasteiger partial charge is 0.427 e. The second kappa shape index (κ2) is 12.3. The van der Waals surface area contributed by atoms with Crippen molar-refractivity contribution in [1.29, 1.82) is 0 Å². The topological polar surface area (TPSA) is 98.6 Å². The monoisotopic (exact) mass is 525 g/mol. The predicted molar refractivity (Wildman–Crippen MR) is 149 cm³/mol. The van der Waals surface area contributed by atoms with Gasteiger partial charge in [-0.1, -0.05) is 68.4 Å². The van der Waals surface area contributed by atoms with Crippen LogP contribution in [0.1, 0.15) is 56.5 Å². The van der Waals surface area contributed by atoms with Crippen molar-refractivity contribution in [3.05, 3.63) is 106 Å². The number of amides is 2. The number of aromatic nitrogens is 2. The summed E-state index contributed by atoms with van der Waals surface area (Å²) >= 11 is 0. The molecule has 0 N–H and O–H groups in total. The average molecular weight is 526 g/mol. The van der Waals surface area contributed by atoms with Crippen molar-refractivity contribution < 1.29 is 19.1 Å². The number of aryl methyl sites for hydroxylation is 2. The number of para-hydroxylation sites is 1. The molecule has 0 atom stereocenters. The number of carbonyl (C=O) groups is 3. The molecule has 0 aliphatic rings. The summed E-state index contributed by atoms with van der Waals surface area (Å²) < 4.78 is 6.30. The molecule has 8 heteroatoms. The fourth-order valence-corrected chi connectivity index (χ4v) is 4.36. The smallest absolute Gasteiger partial charge is 0.308 e. The fraction of sp³-hybridized carbons (Fsp3) is 0.258. The highest BCUT2D eigenvalue weighted by Crippen LogP contribution is 2.19. The van der Waals surface area contributed by atoms with E-state index in [-0.39, 0.29) is 25.2 Å². The van der Waals surface area contributed by atoms with Gasteiger partial charge in [-0.2, -0.15) is 9.69 Å². The van der Waals surface area contributed by atoms with Crippen molar-refractivity contribution in [2.45, 2.75) is 52.4 Å². The van der Waals surface area contributed by atoms with E-state index in [9.17, 15) is 19.2 Å². The van der Waals surface area contributed by atoms with E-state index < -0.39 is 23.3 Å². The molecule has 2 amide bonds. The molecule has 39 heavy (non-hydrogen) atoms. The molecule has 200 valence electrons. The van der Waals surface area contributed by atoms with Crippen LogP contribution in [-0.2, 0) is 27.2 Å². The summed E-state index contributed by atoms with van der Waals surface area (Å²) in [6.45, 7) is 5.05. The highest BCUT2D eigenvalue weighted by atomic mass is 16.5. The average Bonchev–Trinajstić information content (AvgIpc) is 2.92. The van der Waals surface area contributed by atoms with Gasteiger partial charge in [-0.25, -0.2) is 4.98 Å². The van der Waals surface area contributed by atoms with Crippen molar-refractivity contribution in [3.63, 3.8) is 0 Å². The van der Waals surface area contributed by atoms with Gasteiger partial charge in [0.05, 0.1) is 10.9 Å². The number of fused-ring (bicyclic) bond motifs is 1. The number of hydrogen-bond acceptors (Lipinski definition) is 6. The molecule has 0 saturated carbocycles.